The van der Waals surface area contributed by atoms with Crippen molar-refractivity contribution in [2.24, 2.45) is 10.2 Å². The zero-order valence-electron chi connectivity index (χ0n) is 16.8. The molecule has 0 aliphatic carbocycles. The van der Waals surface area contributed by atoms with Gasteiger partial charge in [-0.3, -0.25) is 4.90 Å². The summed E-state index contributed by atoms with van der Waals surface area (Å²) in [5.41, 5.74) is 2.86. The lowest BCUT2D eigenvalue weighted by molar-refractivity contribution is 0.102. The number of carbonyl (C=O) groups is 1. The second kappa shape index (κ2) is 7.85. The summed E-state index contributed by atoms with van der Waals surface area (Å²) in [7, 11) is 0. The van der Waals surface area contributed by atoms with Crippen LogP contribution in [0.2, 0.25) is 5.02 Å². The van der Waals surface area contributed by atoms with Crippen LogP contribution in [0.5, 0.6) is 11.5 Å². The van der Waals surface area contributed by atoms with Gasteiger partial charge in [0.25, 0.3) is 0 Å². The molecule has 0 saturated carbocycles. The van der Waals surface area contributed by atoms with Crippen LogP contribution < -0.4 is 0 Å². The average Bonchev–Trinajstić information content (AvgIpc) is 3.33. The lowest BCUT2D eigenvalue weighted by Crippen LogP contribution is -2.47. The molecule has 1 saturated heterocycles. The number of phenols is 1. The fourth-order valence-corrected chi connectivity index (χ4v) is 4.22. The average molecular weight is 455 g/mol. The van der Waals surface area contributed by atoms with Crippen molar-refractivity contribution in [3.63, 3.8) is 0 Å². The van der Waals surface area contributed by atoms with Crippen molar-refractivity contribution in [2.45, 2.75) is 6.54 Å². The predicted octanol–water partition coefficient (Wildman–Crippen LogP) is 4.89. The maximum atomic E-state index is 11.1. The highest BCUT2D eigenvalue weighted by Crippen LogP contribution is 2.44. The van der Waals surface area contributed by atoms with Crippen LogP contribution in [0.15, 0.2) is 45.0 Å². The van der Waals surface area contributed by atoms with E-state index in [-0.39, 0.29) is 22.3 Å². The number of piperazine rings is 1. The molecule has 32 heavy (non-hydrogen) atoms. The number of hydrogen-bond donors (Lipinski definition) is 3. The summed E-state index contributed by atoms with van der Waals surface area (Å²) in [6.07, 6.45) is 0.655. The lowest BCUT2D eigenvalue weighted by atomic mass is 10.1. The fourth-order valence-electron chi connectivity index (χ4n) is 3.99. The summed E-state index contributed by atoms with van der Waals surface area (Å²) in [5, 5.41) is 39.3. The second-order valence-corrected chi connectivity index (χ2v) is 8.08. The molecular weight excluding hydrogens is 436 g/mol. The Hall–Kier alpha value is -3.56. The van der Waals surface area contributed by atoms with Gasteiger partial charge in [0.1, 0.15) is 11.3 Å². The van der Waals surface area contributed by atoms with Gasteiger partial charge in [-0.2, -0.15) is 0 Å². The van der Waals surface area contributed by atoms with Gasteiger partial charge in [-0.05, 0) is 12.1 Å². The third-order valence-corrected chi connectivity index (χ3v) is 6.03. The van der Waals surface area contributed by atoms with E-state index in [1.165, 1.54) is 11.0 Å². The smallest absolute Gasteiger partial charge is 0.407 e. The van der Waals surface area contributed by atoms with E-state index in [0.29, 0.717) is 55.0 Å². The third kappa shape index (κ3) is 3.45. The van der Waals surface area contributed by atoms with E-state index in [4.69, 9.17) is 21.1 Å². The Morgan fingerprint density at radius 3 is 2.62 bits per heavy atom. The highest BCUT2D eigenvalue weighted by Gasteiger charge is 2.26. The molecule has 0 atom stereocenters. The van der Waals surface area contributed by atoms with Gasteiger partial charge in [-0.15, -0.1) is 10.2 Å². The minimum absolute atomic E-state index is 0.0953. The van der Waals surface area contributed by atoms with Crippen molar-refractivity contribution < 1.29 is 24.5 Å². The summed E-state index contributed by atoms with van der Waals surface area (Å²) < 4.78 is 5.97. The molecule has 0 unspecified atom stereocenters. The molecule has 3 N–H and O–H groups in total. The molecule has 164 valence electrons. The SMILES string of the molecule is O=C(O)N1CCN(Cc2c(O)c(Cl)cc3c(O)c(C=C4N=Nc5ccccc54)oc23)CC1. The number of benzene rings is 2. The molecule has 1 aromatic heterocycles. The van der Waals surface area contributed by atoms with Crippen molar-refractivity contribution >= 4 is 46.1 Å². The van der Waals surface area contributed by atoms with Gasteiger partial charge in [0.2, 0.25) is 0 Å². The van der Waals surface area contributed by atoms with E-state index in [0.717, 1.165) is 11.3 Å². The van der Waals surface area contributed by atoms with Crippen LogP contribution in [0.3, 0.4) is 0 Å². The number of amides is 1. The number of halogens is 1. The van der Waals surface area contributed by atoms with Gasteiger partial charge >= 0.3 is 6.09 Å². The zero-order chi connectivity index (χ0) is 22.4. The number of azo groups is 1. The topological polar surface area (TPSA) is 122 Å². The first-order valence-corrected chi connectivity index (χ1v) is 10.4. The Labute approximate surface area is 187 Å². The molecule has 3 heterocycles. The maximum absolute atomic E-state index is 11.1. The number of carboxylic acid groups (broad SMARTS) is 1. The molecule has 1 fully saturated rings. The second-order valence-electron chi connectivity index (χ2n) is 7.67. The molecule has 5 rings (SSSR count). The summed E-state index contributed by atoms with van der Waals surface area (Å²) in [6, 6.07) is 8.93. The number of nitrogens with zero attached hydrogens (tertiary/aromatic N) is 4. The summed E-state index contributed by atoms with van der Waals surface area (Å²) in [4.78, 5) is 14.5. The van der Waals surface area contributed by atoms with Crippen molar-refractivity contribution in [3.8, 4) is 11.5 Å². The molecule has 9 nitrogen and oxygen atoms in total. The van der Waals surface area contributed by atoms with Crippen LogP contribution >= 0.6 is 11.6 Å². The molecule has 3 aromatic rings. The summed E-state index contributed by atoms with van der Waals surface area (Å²) in [6.45, 7) is 2.03. The fraction of sp³-hybridized carbons (Fsp3) is 0.227. The molecule has 0 bridgehead atoms. The normalized spacial score (nSPS) is 17.4. The van der Waals surface area contributed by atoms with Gasteiger partial charge < -0.3 is 24.6 Å². The Kier molecular flexibility index (Phi) is 4.99. The van der Waals surface area contributed by atoms with Gasteiger partial charge in [-0.25, -0.2) is 4.79 Å². The molecule has 0 radical (unpaired) electrons. The van der Waals surface area contributed by atoms with Crippen LogP contribution in [0.1, 0.15) is 16.9 Å². The first kappa shape index (κ1) is 20.3. The minimum atomic E-state index is -0.947. The quantitative estimate of drug-likeness (QED) is 0.518. The zero-order valence-corrected chi connectivity index (χ0v) is 17.6. The molecule has 0 spiro atoms. The van der Waals surface area contributed by atoms with E-state index >= 15 is 0 Å². The van der Waals surface area contributed by atoms with Crippen LogP contribution in [0, 0.1) is 0 Å². The maximum Gasteiger partial charge on any atom is 0.407 e. The standard InChI is InChI=1S/C22H19ClN4O5/c23-15-9-13-20(29)18(10-17-12-3-1-2-4-16(12)24-25-17)32-21(13)14(19(15)28)11-26-5-7-27(8-6-26)22(30)31/h1-4,9-10,28-29H,5-8,11H2,(H,30,31). The Bertz CT molecular complexity index is 1290. The van der Waals surface area contributed by atoms with E-state index in [1.807, 2.05) is 29.2 Å². The van der Waals surface area contributed by atoms with Crippen LogP contribution in [-0.4, -0.2) is 57.4 Å². The number of phenolic OH excluding ortho intramolecular Hbond substituents is 1. The van der Waals surface area contributed by atoms with Crippen molar-refractivity contribution in [1.82, 2.24) is 9.80 Å². The number of rotatable bonds is 3. The number of aromatic hydroxyl groups is 2. The summed E-state index contributed by atoms with van der Waals surface area (Å²) in [5.74, 6) is -0.0473. The van der Waals surface area contributed by atoms with Gasteiger partial charge in [0.05, 0.1) is 27.4 Å². The van der Waals surface area contributed by atoms with E-state index in [2.05, 4.69) is 10.2 Å². The Morgan fingerprint density at radius 2 is 1.88 bits per heavy atom. The molecule has 1 amide bonds. The number of hydrogen-bond acceptors (Lipinski definition) is 7. The number of fused-ring (bicyclic) bond motifs is 2. The monoisotopic (exact) mass is 454 g/mol. The van der Waals surface area contributed by atoms with Crippen LogP contribution in [0.25, 0.3) is 22.7 Å². The number of furan rings is 1. The van der Waals surface area contributed by atoms with Crippen LogP contribution in [-0.2, 0) is 6.54 Å². The lowest BCUT2D eigenvalue weighted by Gasteiger charge is -2.33. The van der Waals surface area contributed by atoms with E-state index < -0.39 is 6.09 Å². The van der Waals surface area contributed by atoms with Gasteiger partial charge in [0, 0.05) is 44.4 Å². The molecule has 2 aromatic carbocycles. The van der Waals surface area contributed by atoms with Crippen LogP contribution in [0.4, 0.5) is 10.5 Å². The minimum Gasteiger partial charge on any atom is -0.506 e. The van der Waals surface area contributed by atoms with E-state index in [9.17, 15) is 15.0 Å². The molecular formula is C22H19ClN4O5. The van der Waals surface area contributed by atoms with Gasteiger partial charge in [0.15, 0.2) is 11.5 Å². The molecule has 2 aliphatic heterocycles. The molecule has 2 aliphatic rings. The largest absolute Gasteiger partial charge is 0.506 e. The molecule has 10 heteroatoms. The Morgan fingerprint density at radius 1 is 1.12 bits per heavy atom. The highest BCUT2D eigenvalue weighted by molar-refractivity contribution is 6.33. The third-order valence-electron chi connectivity index (χ3n) is 5.74. The van der Waals surface area contributed by atoms with Gasteiger partial charge in [-0.1, -0.05) is 29.8 Å². The first-order valence-electron chi connectivity index (χ1n) is 10.0. The first-order chi connectivity index (χ1) is 15.4. The van der Waals surface area contributed by atoms with Crippen molar-refractivity contribution in [3.05, 3.63) is 52.2 Å². The Balaban J connectivity index is 1.51. The predicted molar refractivity (Wildman–Crippen MR) is 118 cm³/mol. The highest BCUT2D eigenvalue weighted by atomic mass is 35.5. The van der Waals surface area contributed by atoms with Crippen molar-refractivity contribution in [1.29, 1.82) is 0 Å². The van der Waals surface area contributed by atoms with E-state index in [1.54, 1.807) is 6.08 Å². The summed E-state index contributed by atoms with van der Waals surface area (Å²) >= 11 is 6.24. The van der Waals surface area contributed by atoms with Crippen molar-refractivity contribution in [2.75, 3.05) is 26.2 Å².